The molecule has 0 aromatic carbocycles. The SMILES string of the molecule is CC1(C(=O)O)CCCCC1NC(=O)C1CCS(=O)(=O)C1. The van der Waals surface area contributed by atoms with Gasteiger partial charge in [-0.1, -0.05) is 12.8 Å². The number of sulfone groups is 1. The van der Waals surface area contributed by atoms with E-state index in [4.69, 9.17) is 0 Å². The molecule has 2 fully saturated rings. The number of nitrogens with one attached hydrogen (secondary N) is 1. The molecule has 2 aliphatic rings. The predicted molar refractivity (Wildman–Crippen MR) is 72.9 cm³/mol. The number of hydrogen-bond acceptors (Lipinski definition) is 4. The summed E-state index contributed by atoms with van der Waals surface area (Å²) in [4.78, 5) is 23.6. The maximum Gasteiger partial charge on any atom is 0.311 e. The predicted octanol–water partition coefficient (Wildman–Crippen LogP) is 0.571. The van der Waals surface area contributed by atoms with Crippen molar-refractivity contribution in [3.63, 3.8) is 0 Å². The lowest BCUT2D eigenvalue weighted by Crippen LogP contribution is -2.53. The number of carboxylic acid groups (broad SMARTS) is 1. The van der Waals surface area contributed by atoms with Gasteiger partial charge in [-0.15, -0.1) is 0 Å². The van der Waals surface area contributed by atoms with E-state index in [0.29, 0.717) is 19.3 Å². The van der Waals surface area contributed by atoms with Crippen molar-refractivity contribution in [3.05, 3.63) is 0 Å². The van der Waals surface area contributed by atoms with Gasteiger partial charge in [-0.05, 0) is 26.2 Å². The van der Waals surface area contributed by atoms with Crippen LogP contribution in [0.25, 0.3) is 0 Å². The molecular weight excluding hydrogens is 282 g/mol. The average Bonchev–Trinajstić information content (AvgIpc) is 2.72. The van der Waals surface area contributed by atoms with Crippen LogP contribution in [0.4, 0.5) is 0 Å². The summed E-state index contributed by atoms with van der Waals surface area (Å²) in [6, 6.07) is -0.412. The van der Waals surface area contributed by atoms with Gasteiger partial charge >= 0.3 is 5.97 Å². The summed E-state index contributed by atoms with van der Waals surface area (Å²) in [5.74, 6) is -1.81. The molecule has 1 amide bonds. The Kier molecular flexibility index (Phi) is 4.09. The Labute approximate surface area is 118 Å². The van der Waals surface area contributed by atoms with E-state index >= 15 is 0 Å². The zero-order valence-electron chi connectivity index (χ0n) is 11.6. The van der Waals surface area contributed by atoms with E-state index in [0.717, 1.165) is 12.8 Å². The van der Waals surface area contributed by atoms with E-state index in [2.05, 4.69) is 5.32 Å². The van der Waals surface area contributed by atoms with E-state index in [-0.39, 0.29) is 17.4 Å². The molecular formula is C13H21NO5S. The van der Waals surface area contributed by atoms with Crippen molar-refractivity contribution in [1.29, 1.82) is 0 Å². The van der Waals surface area contributed by atoms with Crippen LogP contribution < -0.4 is 5.32 Å². The molecule has 1 aliphatic heterocycles. The fourth-order valence-electron chi connectivity index (χ4n) is 3.11. The van der Waals surface area contributed by atoms with Crippen LogP contribution in [0.1, 0.15) is 39.0 Å². The van der Waals surface area contributed by atoms with Crippen molar-refractivity contribution in [2.75, 3.05) is 11.5 Å². The van der Waals surface area contributed by atoms with Crippen LogP contribution in [-0.4, -0.2) is 42.9 Å². The third kappa shape index (κ3) is 2.97. The highest BCUT2D eigenvalue weighted by Crippen LogP contribution is 2.36. The lowest BCUT2D eigenvalue weighted by molar-refractivity contribution is -0.152. The smallest absolute Gasteiger partial charge is 0.311 e. The summed E-state index contributed by atoms with van der Waals surface area (Å²) < 4.78 is 22.8. The summed E-state index contributed by atoms with van der Waals surface area (Å²) in [6.07, 6.45) is 3.23. The quantitative estimate of drug-likeness (QED) is 0.794. The second-order valence-corrected chi connectivity index (χ2v) is 8.36. The molecule has 1 heterocycles. The first-order valence-electron chi connectivity index (χ1n) is 6.99. The van der Waals surface area contributed by atoms with Crippen LogP contribution in [0.2, 0.25) is 0 Å². The van der Waals surface area contributed by atoms with Crippen molar-refractivity contribution in [2.45, 2.75) is 45.1 Å². The molecule has 7 heteroatoms. The molecule has 2 rings (SSSR count). The van der Waals surface area contributed by atoms with Crippen LogP contribution in [0.15, 0.2) is 0 Å². The van der Waals surface area contributed by atoms with Gasteiger partial charge < -0.3 is 10.4 Å². The fraction of sp³-hybridized carbons (Fsp3) is 0.846. The molecule has 20 heavy (non-hydrogen) atoms. The number of aliphatic carboxylic acids is 1. The van der Waals surface area contributed by atoms with Gasteiger partial charge in [-0.3, -0.25) is 9.59 Å². The Hall–Kier alpha value is -1.11. The highest BCUT2D eigenvalue weighted by Gasteiger charge is 2.45. The number of amides is 1. The molecule has 2 N–H and O–H groups in total. The zero-order valence-corrected chi connectivity index (χ0v) is 12.4. The number of rotatable bonds is 3. The Bertz CT molecular complexity index is 515. The first-order chi connectivity index (χ1) is 9.24. The minimum atomic E-state index is -3.10. The third-order valence-corrected chi connectivity index (χ3v) is 6.38. The molecule has 0 radical (unpaired) electrons. The van der Waals surface area contributed by atoms with Crippen LogP contribution >= 0.6 is 0 Å². The standard InChI is InChI=1S/C13H21NO5S/c1-13(12(16)17)6-3-2-4-10(13)14-11(15)9-5-7-20(18,19)8-9/h9-10H,2-8H2,1H3,(H,14,15)(H,16,17). The van der Waals surface area contributed by atoms with Crippen molar-refractivity contribution in [1.82, 2.24) is 5.32 Å². The monoisotopic (exact) mass is 303 g/mol. The van der Waals surface area contributed by atoms with Gasteiger partial charge in [0.05, 0.1) is 22.8 Å². The van der Waals surface area contributed by atoms with Crippen molar-refractivity contribution >= 4 is 21.7 Å². The van der Waals surface area contributed by atoms with Gasteiger partial charge in [0.25, 0.3) is 0 Å². The minimum Gasteiger partial charge on any atom is -0.481 e. The summed E-state index contributed by atoms with van der Waals surface area (Å²) >= 11 is 0. The molecule has 1 saturated carbocycles. The molecule has 1 saturated heterocycles. The molecule has 114 valence electrons. The number of carboxylic acids is 1. The van der Waals surface area contributed by atoms with Crippen LogP contribution in [0.3, 0.4) is 0 Å². The van der Waals surface area contributed by atoms with Crippen molar-refractivity contribution < 1.29 is 23.1 Å². The molecule has 1 aliphatic carbocycles. The Morgan fingerprint density at radius 3 is 2.50 bits per heavy atom. The first-order valence-corrected chi connectivity index (χ1v) is 8.81. The minimum absolute atomic E-state index is 0.0476. The average molecular weight is 303 g/mol. The Morgan fingerprint density at radius 2 is 1.95 bits per heavy atom. The van der Waals surface area contributed by atoms with E-state index < -0.39 is 33.2 Å². The molecule has 0 aromatic rings. The zero-order chi connectivity index (χ0) is 15.0. The van der Waals surface area contributed by atoms with Gasteiger partial charge in [0, 0.05) is 6.04 Å². The van der Waals surface area contributed by atoms with Gasteiger partial charge in [-0.25, -0.2) is 8.42 Å². The second kappa shape index (κ2) is 5.35. The maximum absolute atomic E-state index is 12.1. The molecule has 3 atom stereocenters. The number of hydrogen-bond donors (Lipinski definition) is 2. The van der Waals surface area contributed by atoms with Crippen LogP contribution in [0, 0.1) is 11.3 Å². The van der Waals surface area contributed by atoms with Gasteiger partial charge in [0.2, 0.25) is 5.91 Å². The topological polar surface area (TPSA) is 101 Å². The van der Waals surface area contributed by atoms with Crippen molar-refractivity contribution in [2.24, 2.45) is 11.3 Å². The second-order valence-electron chi connectivity index (χ2n) is 6.13. The fourth-order valence-corrected chi connectivity index (χ4v) is 4.85. The summed E-state index contributed by atoms with van der Waals surface area (Å²) in [7, 11) is -3.10. The Morgan fingerprint density at radius 1 is 1.25 bits per heavy atom. The molecule has 6 nitrogen and oxygen atoms in total. The third-order valence-electron chi connectivity index (χ3n) is 4.62. The molecule has 0 spiro atoms. The van der Waals surface area contributed by atoms with Gasteiger partial charge in [0.1, 0.15) is 0 Å². The Balaban J connectivity index is 2.04. The summed E-state index contributed by atoms with van der Waals surface area (Å²) in [6.45, 7) is 1.66. The van der Waals surface area contributed by atoms with Crippen LogP contribution in [0.5, 0.6) is 0 Å². The van der Waals surface area contributed by atoms with Gasteiger partial charge in [0.15, 0.2) is 9.84 Å². The maximum atomic E-state index is 12.1. The van der Waals surface area contributed by atoms with E-state index in [1.165, 1.54) is 0 Å². The summed E-state index contributed by atoms with van der Waals surface area (Å²) in [5, 5.41) is 12.2. The largest absolute Gasteiger partial charge is 0.481 e. The van der Waals surface area contributed by atoms with E-state index in [1.54, 1.807) is 6.92 Å². The normalized spacial score (nSPS) is 36.5. The lowest BCUT2D eigenvalue weighted by Gasteiger charge is -2.38. The molecule has 0 aromatic heterocycles. The van der Waals surface area contributed by atoms with Crippen molar-refractivity contribution in [3.8, 4) is 0 Å². The van der Waals surface area contributed by atoms with E-state index in [1.807, 2.05) is 0 Å². The highest BCUT2D eigenvalue weighted by molar-refractivity contribution is 7.91. The summed E-state index contributed by atoms with van der Waals surface area (Å²) in [5.41, 5.74) is -0.953. The first kappa shape index (κ1) is 15.3. The van der Waals surface area contributed by atoms with Gasteiger partial charge in [-0.2, -0.15) is 0 Å². The van der Waals surface area contributed by atoms with E-state index in [9.17, 15) is 23.1 Å². The number of carbonyl (C=O) groups excluding carboxylic acids is 1. The number of carbonyl (C=O) groups is 2. The lowest BCUT2D eigenvalue weighted by atomic mass is 9.71. The molecule has 3 unspecified atom stereocenters. The highest BCUT2D eigenvalue weighted by atomic mass is 32.2. The van der Waals surface area contributed by atoms with Crippen LogP contribution in [-0.2, 0) is 19.4 Å². The molecule has 0 bridgehead atoms.